The SMILES string of the molecule is Cc1cccc(NC(=O)CN(C)CC(=O)Nc2ccccc2C(=O)Nc2ccc(Cl)cc2)n1. The standard InChI is InChI=1S/C24H24ClN5O3/c1-16-6-5-9-21(26-16)29-23(32)15-30(2)14-22(31)28-20-8-4-3-7-19(20)24(33)27-18-12-10-17(25)11-13-18/h3-13H,14-15H2,1-2H3,(H,27,33)(H,28,31)(H,26,29,32). The molecule has 3 aromatic rings. The number of hydrogen-bond donors (Lipinski definition) is 3. The predicted octanol–water partition coefficient (Wildman–Crippen LogP) is 3.80. The van der Waals surface area contributed by atoms with Crippen molar-refractivity contribution in [3.8, 4) is 0 Å². The Labute approximate surface area is 197 Å². The molecule has 1 heterocycles. The van der Waals surface area contributed by atoms with Crippen LogP contribution >= 0.6 is 11.6 Å². The van der Waals surface area contributed by atoms with Crippen molar-refractivity contribution in [3.05, 3.63) is 83.0 Å². The summed E-state index contributed by atoms with van der Waals surface area (Å²) in [7, 11) is 1.65. The lowest BCUT2D eigenvalue weighted by Crippen LogP contribution is -2.36. The second-order valence-corrected chi connectivity index (χ2v) is 7.88. The average molecular weight is 466 g/mol. The molecule has 0 aliphatic heterocycles. The summed E-state index contributed by atoms with van der Waals surface area (Å²) in [6.07, 6.45) is 0. The summed E-state index contributed by atoms with van der Waals surface area (Å²) in [5, 5.41) is 8.78. The fourth-order valence-corrected chi connectivity index (χ4v) is 3.18. The number of nitrogens with one attached hydrogen (secondary N) is 3. The number of para-hydroxylation sites is 1. The third-order valence-electron chi connectivity index (χ3n) is 4.53. The Hall–Kier alpha value is -3.75. The van der Waals surface area contributed by atoms with E-state index >= 15 is 0 Å². The van der Waals surface area contributed by atoms with Gasteiger partial charge in [0.15, 0.2) is 0 Å². The van der Waals surface area contributed by atoms with Gasteiger partial charge in [-0.15, -0.1) is 0 Å². The molecule has 0 saturated heterocycles. The molecule has 0 radical (unpaired) electrons. The first-order chi connectivity index (χ1) is 15.8. The van der Waals surface area contributed by atoms with E-state index in [1.165, 1.54) is 0 Å². The molecule has 9 heteroatoms. The molecule has 0 saturated carbocycles. The van der Waals surface area contributed by atoms with Gasteiger partial charge in [-0.3, -0.25) is 19.3 Å². The van der Waals surface area contributed by atoms with Gasteiger partial charge in [-0.05, 0) is 62.5 Å². The predicted molar refractivity (Wildman–Crippen MR) is 130 cm³/mol. The van der Waals surface area contributed by atoms with Crippen LogP contribution in [-0.2, 0) is 9.59 Å². The summed E-state index contributed by atoms with van der Waals surface area (Å²) >= 11 is 5.88. The first-order valence-corrected chi connectivity index (χ1v) is 10.6. The maximum absolute atomic E-state index is 12.7. The van der Waals surface area contributed by atoms with Crippen molar-refractivity contribution in [2.45, 2.75) is 6.92 Å². The third kappa shape index (κ3) is 7.41. The van der Waals surface area contributed by atoms with Gasteiger partial charge in [-0.25, -0.2) is 4.98 Å². The Balaban J connectivity index is 1.56. The minimum atomic E-state index is -0.369. The van der Waals surface area contributed by atoms with Gasteiger partial charge in [0.1, 0.15) is 5.82 Å². The molecule has 8 nitrogen and oxygen atoms in total. The van der Waals surface area contributed by atoms with Gasteiger partial charge < -0.3 is 16.0 Å². The minimum absolute atomic E-state index is 0.00173. The van der Waals surface area contributed by atoms with Crippen LogP contribution in [0.3, 0.4) is 0 Å². The van der Waals surface area contributed by atoms with Crippen LogP contribution in [0.25, 0.3) is 0 Å². The summed E-state index contributed by atoms with van der Waals surface area (Å²) in [6, 6.07) is 18.7. The number of amides is 3. The van der Waals surface area contributed by atoms with Gasteiger partial charge in [0, 0.05) is 16.4 Å². The van der Waals surface area contributed by atoms with E-state index in [1.54, 1.807) is 72.6 Å². The molecule has 0 aliphatic rings. The van der Waals surface area contributed by atoms with Crippen molar-refractivity contribution in [3.63, 3.8) is 0 Å². The number of anilines is 3. The van der Waals surface area contributed by atoms with E-state index in [0.29, 0.717) is 27.8 Å². The summed E-state index contributed by atoms with van der Waals surface area (Å²) < 4.78 is 0. The molecule has 0 unspecified atom stereocenters. The smallest absolute Gasteiger partial charge is 0.257 e. The number of pyridine rings is 1. The minimum Gasteiger partial charge on any atom is -0.324 e. The number of rotatable bonds is 8. The summed E-state index contributed by atoms with van der Waals surface area (Å²) in [6.45, 7) is 1.79. The highest BCUT2D eigenvalue weighted by atomic mass is 35.5. The van der Waals surface area contributed by atoms with Crippen molar-refractivity contribution >= 4 is 46.5 Å². The molecular weight excluding hydrogens is 442 g/mol. The first-order valence-electron chi connectivity index (χ1n) is 10.2. The molecule has 0 atom stereocenters. The first kappa shape index (κ1) is 23.9. The molecular formula is C24H24ClN5O3. The van der Waals surface area contributed by atoms with Crippen LogP contribution in [0.1, 0.15) is 16.1 Å². The fraction of sp³-hybridized carbons (Fsp3) is 0.167. The van der Waals surface area contributed by atoms with Gasteiger partial charge >= 0.3 is 0 Å². The highest BCUT2D eigenvalue weighted by molar-refractivity contribution is 6.30. The topological polar surface area (TPSA) is 103 Å². The van der Waals surface area contributed by atoms with Crippen LogP contribution in [0.2, 0.25) is 5.02 Å². The lowest BCUT2D eigenvalue weighted by molar-refractivity contribution is -0.119. The van der Waals surface area contributed by atoms with Gasteiger partial charge in [-0.1, -0.05) is 29.8 Å². The molecule has 0 bridgehead atoms. The maximum Gasteiger partial charge on any atom is 0.257 e. The average Bonchev–Trinajstić information content (AvgIpc) is 2.75. The highest BCUT2D eigenvalue weighted by Gasteiger charge is 2.16. The zero-order chi connectivity index (χ0) is 23.8. The zero-order valence-corrected chi connectivity index (χ0v) is 19.0. The van der Waals surface area contributed by atoms with Crippen molar-refractivity contribution in [2.75, 3.05) is 36.1 Å². The maximum atomic E-state index is 12.7. The van der Waals surface area contributed by atoms with Gasteiger partial charge in [0.05, 0.1) is 24.3 Å². The van der Waals surface area contributed by atoms with Crippen molar-refractivity contribution in [1.29, 1.82) is 0 Å². The molecule has 3 amide bonds. The number of benzene rings is 2. The number of aryl methyl sites for hydroxylation is 1. The van der Waals surface area contributed by atoms with E-state index in [2.05, 4.69) is 20.9 Å². The summed E-state index contributed by atoms with van der Waals surface area (Å²) in [5.74, 6) is -0.554. The van der Waals surface area contributed by atoms with Crippen LogP contribution in [0.15, 0.2) is 66.7 Å². The van der Waals surface area contributed by atoms with Crippen LogP contribution in [0.5, 0.6) is 0 Å². The van der Waals surface area contributed by atoms with Crippen molar-refractivity contribution in [2.24, 2.45) is 0 Å². The molecule has 3 N–H and O–H groups in total. The molecule has 0 spiro atoms. The van der Waals surface area contributed by atoms with Gasteiger partial charge in [0.25, 0.3) is 5.91 Å². The number of nitrogens with zero attached hydrogens (tertiary/aromatic N) is 2. The molecule has 0 fully saturated rings. The monoisotopic (exact) mass is 465 g/mol. The van der Waals surface area contributed by atoms with E-state index in [1.807, 2.05) is 13.0 Å². The number of halogens is 1. The highest BCUT2D eigenvalue weighted by Crippen LogP contribution is 2.19. The Morgan fingerprint density at radius 3 is 2.21 bits per heavy atom. The molecule has 0 aliphatic carbocycles. The molecule has 170 valence electrons. The number of carbonyl (C=O) groups is 3. The number of likely N-dealkylation sites (N-methyl/N-ethyl adjacent to an activating group) is 1. The van der Waals surface area contributed by atoms with Gasteiger partial charge in [0.2, 0.25) is 11.8 Å². The van der Waals surface area contributed by atoms with E-state index in [4.69, 9.17) is 11.6 Å². The number of hydrogen-bond acceptors (Lipinski definition) is 5. The Bertz CT molecular complexity index is 1150. The third-order valence-corrected chi connectivity index (χ3v) is 4.78. The van der Waals surface area contributed by atoms with Crippen molar-refractivity contribution < 1.29 is 14.4 Å². The van der Waals surface area contributed by atoms with E-state index in [0.717, 1.165) is 5.69 Å². The van der Waals surface area contributed by atoms with Crippen LogP contribution < -0.4 is 16.0 Å². The van der Waals surface area contributed by atoms with E-state index in [9.17, 15) is 14.4 Å². The summed E-state index contributed by atoms with van der Waals surface area (Å²) in [4.78, 5) is 43.3. The fourth-order valence-electron chi connectivity index (χ4n) is 3.05. The molecule has 1 aromatic heterocycles. The second kappa shape index (κ2) is 11.2. The quantitative estimate of drug-likeness (QED) is 0.469. The Morgan fingerprint density at radius 1 is 0.848 bits per heavy atom. The zero-order valence-electron chi connectivity index (χ0n) is 18.3. The molecule has 33 heavy (non-hydrogen) atoms. The normalized spacial score (nSPS) is 10.5. The van der Waals surface area contributed by atoms with Gasteiger partial charge in [-0.2, -0.15) is 0 Å². The summed E-state index contributed by atoms with van der Waals surface area (Å²) in [5.41, 5.74) is 2.06. The van der Waals surface area contributed by atoms with Crippen LogP contribution in [-0.4, -0.2) is 47.7 Å². The molecule has 2 aromatic carbocycles. The lowest BCUT2D eigenvalue weighted by Gasteiger charge is -2.17. The van der Waals surface area contributed by atoms with Crippen molar-refractivity contribution in [1.82, 2.24) is 9.88 Å². The lowest BCUT2D eigenvalue weighted by atomic mass is 10.1. The number of aromatic nitrogens is 1. The Morgan fingerprint density at radius 2 is 1.52 bits per heavy atom. The Kier molecular flexibility index (Phi) is 8.12. The molecule has 3 rings (SSSR count). The number of carbonyl (C=O) groups excluding carboxylic acids is 3. The van der Waals surface area contributed by atoms with Crippen LogP contribution in [0, 0.1) is 6.92 Å². The largest absolute Gasteiger partial charge is 0.324 e. The van der Waals surface area contributed by atoms with E-state index in [-0.39, 0.29) is 30.8 Å². The van der Waals surface area contributed by atoms with Crippen LogP contribution in [0.4, 0.5) is 17.2 Å². The second-order valence-electron chi connectivity index (χ2n) is 7.44. The van der Waals surface area contributed by atoms with E-state index < -0.39 is 0 Å².